The second-order valence-corrected chi connectivity index (χ2v) is 22.7. The van der Waals surface area contributed by atoms with Crippen LogP contribution >= 0.6 is 11.6 Å². The number of benzene rings is 5. The molecule has 3 aliphatic rings. The minimum atomic E-state index is -3.67. The molecule has 0 saturated carbocycles. The first-order valence-electron chi connectivity index (χ1n) is 39.4. The molecule has 9 rings (SSSR count). The van der Waals surface area contributed by atoms with Gasteiger partial charge in [-0.2, -0.15) is 4.98 Å². The number of aromatic nitrogens is 2. The fourth-order valence-electron chi connectivity index (χ4n) is 8.22. The Hall–Kier alpha value is -6.14. The van der Waals surface area contributed by atoms with Crippen LogP contribution in [0, 0.1) is 20.8 Å². The molecular formula is C65H90ClN9O6S. The number of likely N-dealkylation sites (tertiary alicyclic amines) is 1. The Morgan fingerprint density at radius 3 is 1.77 bits per heavy atom. The summed E-state index contributed by atoms with van der Waals surface area (Å²) in [6.45, 7) is -2.12. The van der Waals surface area contributed by atoms with Crippen molar-refractivity contribution in [2.24, 2.45) is 0 Å². The number of rotatable bonds is 17. The first-order chi connectivity index (χ1) is 48.9. The quantitative estimate of drug-likeness (QED) is 0.0424. The van der Waals surface area contributed by atoms with Crippen LogP contribution in [-0.4, -0.2) is 90.9 Å². The molecule has 0 spiro atoms. The Balaban J connectivity index is 0.000000237. The molecule has 17 heteroatoms. The molecule has 0 atom stereocenters. The predicted octanol–water partition coefficient (Wildman–Crippen LogP) is 13.0. The summed E-state index contributed by atoms with van der Waals surface area (Å²) in [5, 5.41) is 20.8. The largest absolute Gasteiger partial charge is 0.489 e. The highest BCUT2D eigenvalue weighted by Gasteiger charge is 2.36. The van der Waals surface area contributed by atoms with E-state index >= 15 is 0 Å². The number of ether oxygens (including phenoxy) is 3. The van der Waals surface area contributed by atoms with Crippen molar-refractivity contribution in [3.8, 4) is 17.2 Å². The molecule has 0 bridgehead atoms. The summed E-state index contributed by atoms with van der Waals surface area (Å²) < 4.78 is 269. The molecule has 6 aromatic rings. The van der Waals surface area contributed by atoms with E-state index in [1.165, 1.54) is 98.0 Å². The number of nitrogens with zero attached hydrogens (tertiary/aromatic N) is 3. The van der Waals surface area contributed by atoms with Gasteiger partial charge in [-0.1, -0.05) is 54.1 Å². The minimum Gasteiger partial charge on any atom is -0.489 e. The normalized spacial score (nSPS) is 28.7. The Morgan fingerprint density at radius 1 is 0.707 bits per heavy atom. The molecule has 4 heterocycles. The van der Waals surface area contributed by atoms with Crippen molar-refractivity contribution in [3.05, 3.63) is 141 Å². The van der Waals surface area contributed by atoms with Gasteiger partial charge < -0.3 is 52.1 Å². The van der Waals surface area contributed by atoms with E-state index < -0.39 is 140 Å². The summed E-state index contributed by atoms with van der Waals surface area (Å²) in [6, 6.07) is 22.2. The van der Waals surface area contributed by atoms with Crippen molar-refractivity contribution >= 4 is 56.0 Å². The number of halogens is 1. The summed E-state index contributed by atoms with van der Waals surface area (Å²) in [7, 11) is -3.67. The number of hydrogen-bond acceptors (Lipinski definition) is 15. The van der Waals surface area contributed by atoms with E-state index in [0.29, 0.717) is 16.0 Å². The zero-order valence-electron chi connectivity index (χ0n) is 74.4. The van der Waals surface area contributed by atoms with Crippen LogP contribution in [0.4, 0.5) is 34.5 Å². The van der Waals surface area contributed by atoms with Gasteiger partial charge >= 0.3 is 0 Å². The summed E-state index contributed by atoms with van der Waals surface area (Å²) in [5.74, 6) is -3.91. The van der Waals surface area contributed by atoms with Gasteiger partial charge in [-0.15, -0.1) is 0 Å². The van der Waals surface area contributed by atoms with Gasteiger partial charge in [0, 0.05) is 52.4 Å². The molecule has 3 aliphatic heterocycles. The van der Waals surface area contributed by atoms with Gasteiger partial charge in [-0.3, -0.25) is 4.90 Å². The molecule has 1 aromatic heterocycles. The van der Waals surface area contributed by atoms with Gasteiger partial charge in [-0.05, 0) is 240 Å². The van der Waals surface area contributed by atoms with Gasteiger partial charge in [0.2, 0.25) is 5.95 Å². The van der Waals surface area contributed by atoms with Gasteiger partial charge in [0.1, 0.15) is 22.3 Å². The standard InChI is InChI=1S/C28H36ClN5O3S.C22H30N2O2.C15H24N2O/c1-17(2)37-25-15-21(20-10-12-30-13-11-20)19(5)14-24(25)33-28-31-16-22(29)27(34-28)32-23-8-6-7-9-26(23)38(35,36)18(3)4;1-16(2)26-21-14-19(17(3)13-20(21)23)22(25)9-11-24(12-10-22)15-18-7-5-4-6-8-18;1-10(2)18-15-9-13(11(3)8-14(15)16)12-4-6-17-7-5-12/h6-9,14-18,20,30H,10-13H2,1-5H3,(H2,31,32,33,34);4-8,13-14,16,25H,9-12,15,23H2,1-3H3;8-10,12,17H,4-7,16H2,1-3H3/i10D2,11D2,12D2,13D2,17D;9D2,10D2,11D2,12D2,16D;4D2,5D2,6D2,7D2,10D. The highest BCUT2D eigenvalue weighted by Crippen LogP contribution is 2.41. The molecule has 15 nitrogen and oxygen atoms in total. The molecular weight excluding hydrogens is 1070 g/mol. The van der Waals surface area contributed by atoms with Crippen LogP contribution in [0.1, 0.15) is 181 Å². The average Bonchev–Trinajstić information content (AvgIpc) is 0.668. The van der Waals surface area contributed by atoms with Gasteiger partial charge in [-0.25, -0.2) is 13.4 Å². The lowest BCUT2D eigenvalue weighted by molar-refractivity contribution is -0.0283. The Labute approximate surface area is 531 Å². The highest BCUT2D eigenvalue weighted by molar-refractivity contribution is 7.92. The fourth-order valence-corrected chi connectivity index (χ4v) is 9.56. The van der Waals surface area contributed by atoms with Crippen LogP contribution in [0.15, 0.2) is 102 Å². The third-order valence-corrected chi connectivity index (χ3v) is 14.7. The zero-order valence-corrected chi connectivity index (χ0v) is 49.0. The van der Waals surface area contributed by atoms with Gasteiger partial charge in [0.15, 0.2) is 15.7 Å². The monoisotopic (exact) mass is 1190 g/mol. The number of para-hydroxylation sites is 1. The van der Waals surface area contributed by atoms with E-state index in [4.69, 9.17) is 74.3 Å². The maximum Gasteiger partial charge on any atom is 0.229 e. The average molecular weight is 1190 g/mol. The number of nitrogen functional groups attached to an aromatic ring is 2. The highest BCUT2D eigenvalue weighted by atomic mass is 35.5. The number of nitrogens with one attached hydrogen (secondary N) is 4. The van der Waals surface area contributed by atoms with E-state index in [1.54, 1.807) is 69.3 Å². The van der Waals surface area contributed by atoms with Crippen molar-refractivity contribution in [1.82, 2.24) is 25.5 Å². The number of hydrogen-bond donors (Lipinski definition) is 7. The van der Waals surface area contributed by atoms with E-state index in [9.17, 15) is 13.5 Å². The van der Waals surface area contributed by atoms with E-state index in [2.05, 4.69) is 20.6 Å². The summed E-state index contributed by atoms with van der Waals surface area (Å²) in [6.07, 6.45) is -21.3. The fraction of sp³-hybridized carbons (Fsp3) is 0.477. The number of sulfone groups is 1. The zero-order chi connectivity index (χ0) is 83.6. The van der Waals surface area contributed by atoms with Gasteiger partial charge in [0.05, 0.1) is 67.0 Å². The van der Waals surface area contributed by atoms with Crippen LogP contribution in [0.25, 0.3) is 0 Å². The van der Waals surface area contributed by atoms with Crippen molar-refractivity contribution in [2.45, 2.75) is 167 Å². The van der Waals surface area contributed by atoms with Crippen molar-refractivity contribution < 1.29 is 64.7 Å². The number of aryl methyl sites for hydroxylation is 3. The molecule has 0 radical (unpaired) electrons. The third kappa shape index (κ3) is 17.0. The Morgan fingerprint density at radius 2 is 1.21 bits per heavy atom. The molecule has 444 valence electrons. The Bertz CT molecular complexity index is 4410. The summed E-state index contributed by atoms with van der Waals surface area (Å²) >= 11 is 6.38. The maximum absolute atomic E-state index is 13.0. The van der Waals surface area contributed by atoms with Crippen molar-refractivity contribution in [1.29, 1.82) is 0 Å². The third-order valence-electron chi connectivity index (χ3n) is 12.2. The lowest BCUT2D eigenvalue weighted by Crippen LogP contribution is -2.42. The topological polar surface area (TPSA) is 211 Å². The van der Waals surface area contributed by atoms with E-state index in [1.807, 2.05) is 10.6 Å². The first kappa shape index (κ1) is 35.9. The molecule has 5 aromatic carbocycles. The molecule has 0 unspecified atom stereocenters. The maximum atomic E-state index is 13.0. The number of piperidine rings is 3. The lowest BCUT2D eigenvalue weighted by atomic mass is 9.81. The van der Waals surface area contributed by atoms with Crippen molar-refractivity contribution in [3.63, 3.8) is 0 Å². The van der Waals surface area contributed by atoms with Crippen molar-refractivity contribution in [2.75, 3.05) is 61.1 Å². The second kappa shape index (κ2) is 28.9. The smallest absolute Gasteiger partial charge is 0.229 e. The summed E-state index contributed by atoms with van der Waals surface area (Å²) in [5.41, 5.74) is 9.91. The molecule has 0 amide bonds. The molecule has 82 heavy (non-hydrogen) atoms. The molecule has 3 fully saturated rings. The minimum absolute atomic E-state index is 0.0295. The van der Waals surface area contributed by atoms with E-state index in [-0.39, 0.29) is 83.9 Å². The van der Waals surface area contributed by atoms with Crippen LogP contribution < -0.4 is 46.9 Å². The first-order valence-corrected chi connectivity index (χ1v) is 27.8. The van der Waals surface area contributed by atoms with Crippen LogP contribution in [0.3, 0.4) is 0 Å². The number of nitrogens with two attached hydrogens (primary N) is 2. The molecule has 9 N–H and O–H groups in total. The molecule has 3 saturated heterocycles. The summed E-state index contributed by atoms with van der Waals surface area (Å²) in [4.78, 5) is 9.12. The predicted molar refractivity (Wildman–Crippen MR) is 337 cm³/mol. The number of aliphatic hydroxyl groups is 1. The SMILES string of the molecule is [2H]C(C)(C)Oc1cc(C2(O)C([2H])([2H])C([2H])([2H])N(Cc3ccccc3)C([2H])([2H])C2([2H])[2H])c(C)cc1N.[2H]C(C)(C)Oc1cc(C2C([2H])([2H])C([2H])([2H])NC([2H])([2H])C2([2H])[2H])c(C)cc1N.[2H]C(C)(C)Oc1cc(C2C([2H])([2H])C([2H])([2H])NC([2H])([2H])C2([2H])[2H])c(C)cc1Nc1ncc(Cl)c(Nc2ccccc2S(=O)(=O)C(C)C)n1. The van der Waals surface area contributed by atoms with Crippen LogP contribution in [0.2, 0.25) is 5.02 Å². The van der Waals surface area contributed by atoms with Gasteiger partial charge in [0.25, 0.3) is 0 Å². The molecule has 0 aliphatic carbocycles. The van der Waals surface area contributed by atoms with Crippen LogP contribution in [0.5, 0.6) is 17.2 Å². The second-order valence-electron chi connectivity index (χ2n) is 19.9. The number of anilines is 6. The van der Waals surface area contributed by atoms with Crippen LogP contribution in [-0.2, 0) is 22.0 Å². The van der Waals surface area contributed by atoms with E-state index in [0.717, 1.165) is 6.07 Å². The lowest BCUT2D eigenvalue weighted by Gasteiger charge is -2.39. The Kier molecular flexibility index (Phi) is 12.6.